The molecule has 0 aliphatic carbocycles. The first kappa shape index (κ1) is 20.8. The topological polar surface area (TPSA) is 102 Å². The minimum absolute atomic E-state index is 0.0889. The summed E-state index contributed by atoms with van der Waals surface area (Å²) >= 11 is 5.78. The number of ether oxygens (including phenoxy) is 2. The molecule has 0 bridgehead atoms. The van der Waals surface area contributed by atoms with Gasteiger partial charge in [0.2, 0.25) is 6.79 Å². The Balaban J connectivity index is 2.38. The normalized spacial score (nSPS) is 12.2. The molecule has 138 valence electrons. The molecule has 7 nitrogen and oxygen atoms in total. The first-order valence-corrected chi connectivity index (χ1v) is 8.05. The number of carbonyl (C=O) groups is 3. The lowest BCUT2D eigenvalue weighted by Crippen LogP contribution is -2.30. The maximum atomic E-state index is 11.5. The fourth-order valence-corrected chi connectivity index (χ4v) is 1.98. The van der Waals surface area contributed by atoms with E-state index in [2.05, 4.69) is 5.32 Å². The summed E-state index contributed by atoms with van der Waals surface area (Å²) in [5, 5.41) is 12.2. The molecule has 0 aliphatic rings. The minimum Gasteiger partial charge on any atom is -0.481 e. The number of esters is 1. The third kappa shape index (κ3) is 7.43. The van der Waals surface area contributed by atoms with Crippen LogP contribution in [0.15, 0.2) is 24.3 Å². The largest absolute Gasteiger partial charge is 0.481 e. The fraction of sp³-hybridized carbons (Fsp3) is 0.471. The molecule has 1 unspecified atom stereocenters. The summed E-state index contributed by atoms with van der Waals surface area (Å²) in [7, 11) is 0. The summed E-state index contributed by atoms with van der Waals surface area (Å²) in [6, 6.07) is 6.48. The zero-order valence-corrected chi connectivity index (χ0v) is 15.1. The molecule has 25 heavy (non-hydrogen) atoms. The Morgan fingerprint density at radius 1 is 1.16 bits per heavy atom. The van der Waals surface area contributed by atoms with Gasteiger partial charge in [-0.25, -0.2) is 4.79 Å². The number of hydrogen-bond donors (Lipinski definition) is 2. The monoisotopic (exact) mass is 371 g/mol. The molecule has 1 aromatic carbocycles. The zero-order valence-electron chi connectivity index (χ0n) is 14.4. The first-order valence-electron chi connectivity index (χ1n) is 7.67. The van der Waals surface area contributed by atoms with Crippen LogP contribution in [0.25, 0.3) is 0 Å². The molecule has 0 fully saturated rings. The van der Waals surface area contributed by atoms with Gasteiger partial charge in [-0.05, 0) is 44.9 Å². The number of alkyl carbamates (subject to hydrolysis) is 1. The van der Waals surface area contributed by atoms with Crippen molar-refractivity contribution in [3.8, 4) is 0 Å². The van der Waals surface area contributed by atoms with E-state index in [1.54, 1.807) is 45.0 Å². The number of amides is 1. The van der Waals surface area contributed by atoms with Gasteiger partial charge in [-0.1, -0.05) is 23.7 Å². The van der Waals surface area contributed by atoms with Gasteiger partial charge in [0, 0.05) is 11.6 Å². The van der Waals surface area contributed by atoms with E-state index in [1.165, 1.54) is 0 Å². The number of benzene rings is 1. The van der Waals surface area contributed by atoms with Gasteiger partial charge in [0.25, 0.3) is 0 Å². The Morgan fingerprint density at radius 3 is 2.28 bits per heavy atom. The van der Waals surface area contributed by atoms with Crippen molar-refractivity contribution < 1.29 is 29.0 Å². The molecule has 8 heteroatoms. The highest BCUT2D eigenvalue weighted by Crippen LogP contribution is 2.21. The van der Waals surface area contributed by atoms with E-state index in [0.717, 1.165) is 0 Å². The molecule has 1 amide bonds. The molecule has 0 saturated carbocycles. The molecule has 2 N–H and O–H groups in total. The van der Waals surface area contributed by atoms with Crippen LogP contribution in [0, 0.1) is 5.41 Å². The van der Waals surface area contributed by atoms with Crippen LogP contribution in [-0.4, -0.2) is 36.5 Å². The average molecular weight is 372 g/mol. The van der Waals surface area contributed by atoms with Crippen molar-refractivity contribution in [2.45, 2.75) is 33.1 Å². The van der Waals surface area contributed by atoms with Crippen molar-refractivity contribution in [2.75, 3.05) is 13.3 Å². The Hall–Kier alpha value is -2.28. The van der Waals surface area contributed by atoms with Crippen molar-refractivity contribution in [3.63, 3.8) is 0 Å². The SMILES string of the molecule is CC(C)(C)C(=O)OCOC(=O)NCCC(C(=O)O)c1ccc(Cl)cc1. The molecule has 0 aliphatic heterocycles. The van der Waals surface area contributed by atoms with Crippen LogP contribution in [-0.2, 0) is 19.1 Å². The summed E-state index contributed by atoms with van der Waals surface area (Å²) in [4.78, 5) is 34.4. The molecular weight excluding hydrogens is 350 g/mol. The zero-order chi connectivity index (χ0) is 19.0. The molecule has 1 atom stereocenters. The second-order valence-corrected chi connectivity index (χ2v) is 6.83. The van der Waals surface area contributed by atoms with E-state index >= 15 is 0 Å². The lowest BCUT2D eigenvalue weighted by Gasteiger charge is -2.16. The predicted octanol–water partition coefficient (Wildman–Crippen LogP) is 3.17. The molecule has 0 radical (unpaired) electrons. The van der Waals surface area contributed by atoms with Gasteiger partial charge in [0.05, 0.1) is 11.3 Å². The highest BCUT2D eigenvalue weighted by atomic mass is 35.5. The molecular formula is C17H22ClNO6. The summed E-state index contributed by atoms with van der Waals surface area (Å²) < 4.78 is 9.51. The molecule has 0 spiro atoms. The van der Waals surface area contributed by atoms with Crippen LogP contribution in [0.1, 0.15) is 38.7 Å². The quantitative estimate of drug-likeness (QED) is 0.563. The van der Waals surface area contributed by atoms with Crippen LogP contribution in [0.3, 0.4) is 0 Å². The average Bonchev–Trinajstić information content (AvgIpc) is 2.51. The number of nitrogens with one attached hydrogen (secondary N) is 1. The van der Waals surface area contributed by atoms with Gasteiger partial charge in [-0.3, -0.25) is 9.59 Å². The molecule has 0 heterocycles. The fourth-order valence-electron chi connectivity index (χ4n) is 1.85. The number of carboxylic acid groups (broad SMARTS) is 1. The number of carbonyl (C=O) groups excluding carboxylic acids is 2. The van der Waals surface area contributed by atoms with E-state index in [1.807, 2.05) is 0 Å². The van der Waals surface area contributed by atoms with Gasteiger partial charge >= 0.3 is 18.0 Å². The Labute approximate surface area is 151 Å². The number of rotatable bonds is 7. The Kier molecular flexibility index (Phi) is 7.70. The second-order valence-electron chi connectivity index (χ2n) is 6.39. The van der Waals surface area contributed by atoms with Crippen LogP contribution < -0.4 is 5.32 Å². The Morgan fingerprint density at radius 2 is 1.76 bits per heavy atom. The van der Waals surface area contributed by atoms with Crippen molar-refractivity contribution in [2.24, 2.45) is 5.41 Å². The van der Waals surface area contributed by atoms with Crippen molar-refractivity contribution in [1.29, 1.82) is 0 Å². The standard InChI is InChI=1S/C17H22ClNO6/c1-17(2,3)15(22)24-10-25-16(23)19-9-8-13(14(20)21)11-4-6-12(18)7-5-11/h4-7,13H,8-10H2,1-3H3,(H,19,23)(H,20,21). The summed E-state index contributed by atoms with van der Waals surface area (Å²) in [5.41, 5.74) is -0.0983. The smallest absolute Gasteiger partial charge is 0.410 e. The molecule has 0 saturated heterocycles. The van der Waals surface area contributed by atoms with Crippen molar-refractivity contribution >= 4 is 29.6 Å². The van der Waals surface area contributed by atoms with Crippen molar-refractivity contribution in [3.05, 3.63) is 34.9 Å². The van der Waals surface area contributed by atoms with Crippen LogP contribution >= 0.6 is 11.6 Å². The third-order valence-electron chi connectivity index (χ3n) is 3.27. The third-order valence-corrected chi connectivity index (χ3v) is 3.52. The van der Waals surface area contributed by atoms with Gasteiger partial charge in [0.1, 0.15) is 0 Å². The minimum atomic E-state index is -1.00. The van der Waals surface area contributed by atoms with Gasteiger partial charge < -0.3 is 19.9 Å². The van der Waals surface area contributed by atoms with Crippen LogP contribution in [0.5, 0.6) is 0 Å². The van der Waals surface area contributed by atoms with Crippen LogP contribution in [0.2, 0.25) is 5.02 Å². The molecule has 1 aromatic rings. The lowest BCUT2D eigenvalue weighted by molar-refractivity contribution is -0.161. The van der Waals surface area contributed by atoms with E-state index < -0.39 is 36.2 Å². The van der Waals surface area contributed by atoms with Crippen molar-refractivity contribution in [1.82, 2.24) is 5.32 Å². The maximum Gasteiger partial charge on any atom is 0.410 e. The van der Waals surface area contributed by atoms with E-state index in [9.17, 15) is 19.5 Å². The van der Waals surface area contributed by atoms with Crippen LogP contribution in [0.4, 0.5) is 4.79 Å². The number of halogens is 1. The highest BCUT2D eigenvalue weighted by Gasteiger charge is 2.23. The van der Waals surface area contributed by atoms with Gasteiger partial charge in [-0.2, -0.15) is 0 Å². The number of hydrogen-bond acceptors (Lipinski definition) is 5. The number of carboxylic acids is 1. The second kappa shape index (κ2) is 9.27. The maximum absolute atomic E-state index is 11.5. The number of aliphatic carboxylic acids is 1. The Bertz CT molecular complexity index is 609. The predicted molar refractivity (Wildman–Crippen MR) is 91.3 cm³/mol. The summed E-state index contributed by atoms with van der Waals surface area (Å²) in [6.45, 7) is 4.63. The summed E-state index contributed by atoms with van der Waals surface area (Å²) in [5.74, 6) is -2.28. The molecule has 0 aromatic heterocycles. The first-order chi connectivity index (χ1) is 11.6. The van der Waals surface area contributed by atoms with E-state index in [0.29, 0.717) is 10.6 Å². The molecule has 1 rings (SSSR count). The highest BCUT2D eigenvalue weighted by molar-refractivity contribution is 6.30. The lowest BCUT2D eigenvalue weighted by atomic mass is 9.96. The van der Waals surface area contributed by atoms with Gasteiger partial charge in [-0.15, -0.1) is 0 Å². The van der Waals surface area contributed by atoms with E-state index in [4.69, 9.17) is 21.1 Å². The van der Waals surface area contributed by atoms with E-state index in [-0.39, 0.29) is 13.0 Å². The van der Waals surface area contributed by atoms with Gasteiger partial charge in [0.15, 0.2) is 0 Å². The summed E-state index contributed by atoms with van der Waals surface area (Å²) in [6.07, 6.45) is -0.615.